The van der Waals surface area contributed by atoms with Gasteiger partial charge in [0.25, 0.3) is 0 Å². The van der Waals surface area contributed by atoms with Gasteiger partial charge in [-0.05, 0) is 42.0 Å². The third kappa shape index (κ3) is 10.0. The van der Waals surface area contributed by atoms with Crippen molar-refractivity contribution in [1.82, 2.24) is 20.5 Å². The minimum atomic E-state index is -0.578. The van der Waals surface area contributed by atoms with Crippen LogP contribution >= 0.6 is 23.1 Å². The quantitative estimate of drug-likeness (QED) is 0.221. The van der Waals surface area contributed by atoms with E-state index in [1.807, 2.05) is 48.2 Å². The van der Waals surface area contributed by atoms with Crippen molar-refractivity contribution in [3.05, 3.63) is 76.8 Å². The van der Waals surface area contributed by atoms with Crippen LogP contribution in [0.3, 0.4) is 0 Å². The Morgan fingerprint density at radius 2 is 1.79 bits per heavy atom. The van der Waals surface area contributed by atoms with Gasteiger partial charge < -0.3 is 10.6 Å². The van der Waals surface area contributed by atoms with Crippen LogP contribution in [0.4, 0.5) is 0 Å². The van der Waals surface area contributed by atoms with Gasteiger partial charge in [0.1, 0.15) is 0 Å². The summed E-state index contributed by atoms with van der Waals surface area (Å²) in [6, 6.07) is 16.0. The second-order valence-corrected chi connectivity index (χ2v) is 14.0. The minimum Gasteiger partial charge on any atom is -0.359 e. The molecule has 2 atom stereocenters. The van der Waals surface area contributed by atoms with Gasteiger partial charge >= 0.3 is 0 Å². The molecule has 1 fully saturated rings. The first kappa shape index (κ1) is 32.9. The SMILES string of the molecule is C=C(CN1CCSCC1)C(=O)CC[C@H](Cc1ccccc1)NC(=O)[C@@H](CC(=O)NC)Cc1nc2ccc(C(C)C)cc2s1. The zero-order valence-corrected chi connectivity index (χ0v) is 27.2. The number of nitrogens with zero attached hydrogens (tertiary/aromatic N) is 2. The molecular formula is C34H44N4O3S2. The molecule has 1 saturated heterocycles. The average molecular weight is 621 g/mol. The fourth-order valence-electron chi connectivity index (χ4n) is 5.27. The van der Waals surface area contributed by atoms with E-state index in [0.29, 0.717) is 43.7 Å². The highest BCUT2D eigenvalue weighted by Gasteiger charge is 2.27. The van der Waals surface area contributed by atoms with E-state index in [0.717, 1.165) is 45.4 Å². The molecule has 1 aromatic heterocycles. The molecule has 230 valence electrons. The van der Waals surface area contributed by atoms with Gasteiger partial charge in [0.2, 0.25) is 11.8 Å². The van der Waals surface area contributed by atoms with Crippen LogP contribution in [0.15, 0.2) is 60.7 Å². The van der Waals surface area contributed by atoms with Crippen LogP contribution in [0.2, 0.25) is 0 Å². The Balaban J connectivity index is 1.46. The van der Waals surface area contributed by atoms with Crippen LogP contribution in [0.25, 0.3) is 10.2 Å². The number of ketones is 1. The van der Waals surface area contributed by atoms with Gasteiger partial charge in [0.05, 0.1) is 21.1 Å². The van der Waals surface area contributed by atoms with E-state index in [1.54, 1.807) is 18.4 Å². The first-order chi connectivity index (χ1) is 20.7. The average Bonchev–Trinajstić information content (AvgIpc) is 3.41. The van der Waals surface area contributed by atoms with Crippen LogP contribution in [-0.4, -0.2) is 71.7 Å². The van der Waals surface area contributed by atoms with Gasteiger partial charge in [-0.15, -0.1) is 11.3 Å². The Bertz CT molecular complexity index is 1400. The molecule has 0 aliphatic carbocycles. The number of nitrogens with one attached hydrogen (secondary N) is 2. The second-order valence-electron chi connectivity index (χ2n) is 11.6. The fourth-order valence-corrected chi connectivity index (χ4v) is 7.35. The number of benzene rings is 2. The van der Waals surface area contributed by atoms with Crippen LogP contribution in [0.1, 0.15) is 55.2 Å². The zero-order chi connectivity index (χ0) is 30.8. The third-order valence-electron chi connectivity index (χ3n) is 7.93. The lowest BCUT2D eigenvalue weighted by atomic mass is 9.95. The second kappa shape index (κ2) is 16.2. The molecule has 43 heavy (non-hydrogen) atoms. The summed E-state index contributed by atoms with van der Waals surface area (Å²) >= 11 is 3.52. The maximum Gasteiger partial charge on any atom is 0.224 e. The molecule has 2 amide bonds. The lowest BCUT2D eigenvalue weighted by Gasteiger charge is -2.26. The standard InChI is InChI=1S/C34H44N4O3S2/c1-23(2)26-10-12-29-31(19-26)43-33(37-29)21-27(20-32(40)35-4)34(41)36-28(18-25-8-6-5-7-9-25)11-13-30(39)24(3)22-38-14-16-42-17-15-38/h5-10,12,19,23,27-28H,3,11,13-18,20-22H2,1-2,4H3,(H,35,40)(H,36,41)/t27-,28+/m0/s1. The molecule has 9 heteroatoms. The number of Topliss-reactive ketones (excluding diaryl/α,β-unsaturated/α-hetero) is 1. The fraction of sp³-hybridized carbons (Fsp3) is 0.471. The van der Waals surface area contributed by atoms with Crippen molar-refractivity contribution in [3.63, 3.8) is 0 Å². The number of aromatic nitrogens is 1. The minimum absolute atomic E-state index is 0.0442. The summed E-state index contributed by atoms with van der Waals surface area (Å²) in [5, 5.41) is 6.71. The van der Waals surface area contributed by atoms with Crippen LogP contribution in [0, 0.1) is 5.92 Å². The first-order valence-corrected chi connectivity index (χ1v) is 17.1. The van der Waals surface area contributed by atoms with Crippen LogP contribution < -0.4 is 10.6 Å². The summed E-state index contributed by atoms with van der Waals surface area (Å²) in [4.78, 5) is 46.4. The molecule has 0 unspecified atom stereocenters. The normalized spacial score (nSPS) is 15.3. The zero-order valence-electron chi connectivity index (χ0n) is 25.6. The number of rotatable bonds is 15. The lowest BCUT2D eigenvalue weighted by Crippen LogP contribution is -2.42. The van der Waals surface area contributed by atoms with Crippen LogP contribution in [-0.2, 0) is 27.2 Å². The number of fused-ring (bicyclic) bond motifs is 1. The van der Waals surface area contributed by atoms with E-state index in [9.17, 15) is 14.4 Å². The predicted octanol–water partition coefficient (Wildman–Crippen LogP) is 5.40. The van der Waals surface area contributed by atoms with E-state index in [1.165, 1.54) is 5.56 Å². The first-order valence-electron chi connectivity index (χ1n) is 15.2. The molecule has 7 nitrogen and oxygen atoms in total. The number of thioether (sulfide) groups is 1. The Labute approximate surface area is 263 Å². The monoisotopic (exact) mass is 620 g/mol. The van der Waals surface area contributed by atoms with E-state index in [2.05, 4.69) is 48.1 Å². The maximum atomic E-state index is 13.8. The molecule has 0 radical (unpaired) electrons. The van der Waals surface area contributed by atoms with Crippen molar-refractivity contribution in [2.75, 3.05) is 38.2 Å². The Hall–Kier alpha value is -3.01. The van der Waals surface area contributed by atoms with E-state index >= 15 is 0 Å². The summed E-state index contributed by atoms with van der Waals surface area (Å²) < 4.78 is 1.09. The summed E-state index contributed by atoms with van der Waals surface area (Å²) in [7, 11) is 1.59. The van der Waals surface area contributed by atoms with Gasteiger partial charge in [-0.25, -0.2) is 4.98 Å². The Morgan fingerprint density at radius 1 is 1.05 bits per heavy atom. The molecule has 1 aliphatic rings. The number of hydrogen-bond acceptors (Lipinski definition) is 7. The molecule has 2 N–H and O–H groups in total. The third-order valence-corrected chi connectivity index (χ3v) is 9.91. The van der Waals surface area contributed by atoms with Gasteiger partial charge in [-0.3, -0.25) is 19.3 Å². The van der Waals surface area contributed by atoms with Gasteiger partial charge in [-0.2, -0.15) is 11.8 Å². The number of thiazole rings is 1. The highest BCUT2D eigenvalue weighted by Crippen LogP contribution is 2.28. The van der Waals surface area contributed by atoms with E-state index in [-0.39, 0.29) is 30.1 Å². The van der Waals surface area contributed by atoms with Crippen molar-refractivity contribution in [2.24, 2.45) is 5.92 Å². The van der Waals surface area contributed by atoms with Crippen molar-refractivity contribution < 1.29 is 14.4 Å². The molecule has 4 rings (SSSR count). The highest BCUT2D eigenvalue weighted by molar-refractivity contribution is 7.99. The van der Waals surface area contributed by atoms with Gasteiger partial charge in [-0.1, -0.05) is 56.8 Å². The van der Waals surface area contributed by atoms with Gasteiger partial charge in [0.15, 0.2) is 5.78 Å². The summed E-state index contributed by atoms with van der Waals surface area (Å²) in [6.45, 7) is 11.0. The highest BCUT2D eigenvalue weighted by atomic mass is 32.2. The summed E-state index contributed by atoms with van der Waals surface area (Å²) in [5.41, 5.74) is 3.87. The Morgan fingerprint density at radius 3 is 2.49 bits per heavy atom. The number of carbonyl (C=O) groups is 3. The molecular weight excluding hydrogens is 577 g/mol. The molecule has 0 spiro atoms. The van der Waals surface area contributed by atoms with E-state index in [4.69, 9.17) is 4.98 Å². The summed E-state index contributed by atoms with van der Waals surface area (Å²) in [6.07, 6.45) is 1.85. The van der Waals surface area contributed by atoms with Crippen molar-refractivity contribution in [2.45, 2.75) is 57.9 Å². The lowest BCUT2D eigenvalue weighted by molar-refractivity contribution is -0.130. The smallest absolute Gasteiger partial charge is 0.224 e. The molecule has 1 aliphatic heterocycles. The number of amides is 2. The predicted molar refractivity (Wildman–Crippen MR) is 179 cm³/mol. The van der Waals surface area contributed by atoms with Crippen molar-refractivity contribution in [3.8, 4) is 0 Å². The number of carbonyl (C=O) groups excluding carboxylic acids is 3. The summed E-state index contributed by atoms with van der Waals surface area (Å²) in [5.74, 6) is 1.67. The molecule has 2 heterocycles. The Kier molecular flexibility index (Phi) is 12.4. The number of hydrogen-bond donors (Lipinski definition) is 2. The maximum absolute atomic E-state index is 13.8. The van der Waals surface area contributed by atoms with Gasteiger partial charge in [0, 0.05) is 69.1 Å². The molecule has 3 aromatic rings. The molecule has 2 aromatic carbocycles. The van der Waals surface area contributed by atoms with Crippen molar-refractivity contribution >= 4 is 50.9 Å². The van der Waals surface area contributed by atoms with E-state index < -0.39 is 5.92 Å². The molecule has 0 bridgehead atoms. The topological polar surface area (TPSA) is 91.4 Å². The van der Waals surface area contributed by atoms with Crippen molar-refractivity contribution in [1.29, 1.82) is 0 Å². The molecule has 0 saturated carbocycles. The van der Waals surface area contributed by atoms with Crippen LogP contribution in [0.5, 0.6) is 0 Å². The largest absolute Gasteiger partial charge is 0.359 e.